The van der Waals surface area contributed by atoms with Crippen LogP contribution in [0.3, 0.4) is 0 Å². The van der Waals surface area contributed by atoms with Crippen molar-refractivity contribution in [3.63, 3.8) is 0 Å². The molecule has 1 aromatic heterocycles. The molecule has 0 bridgehead atoms. The number of hydrogen-bond acceptors (Lipinski definition) is 1. The van der Waals surface area contributed by atoms with E-state index in [4.69, 9.17) is 0 Å². The van der Waals surface area contributed by atoms with Gasteiger partial charge in [-0.3, -0.25) is 4.79 Å². The second kappa shape index (κ2) is 4.48. The monoisotopic (exact) mass is 333 g/mol. The number of aromatic nitrogens is 1. The van der Waals surface area contributed by atoms with E-state index >= 15 is 0 Å². The van der Waals surface area contributed by atoms with Crippen molar-refractivity contribution in [3.05, 3.63) is 46.1 Å². The van der Waals surface area contributed by atoms with E-state index < -0.39 is 11.4 Å². The summed E-state index contributed by atoms with van der Waals surface area (Å²) in [6.45, 7) is 5.77. The van der Waals surface area contributed by atoms with Crippen LogP contribution in [-0.2, 0) is 16.6 Å². The van der Waals surface area contributed by atoms with Crippen molar-refractivity contribution in [2.75, 3.05) is 0 Å². The molecule has 1 aliphatic rings. The van der Waals surface area contributed by atoms with E-state index in [0.29, 0.717) is 12.8 Å². The number of allylic oxidation sites excluding steroid dienone is 1. The van der Waals surface area contributed by atoms with Crippen molar-refractivity contribution in [3.8, 4) is 0 Å². The van der Waals surface area contributed by atoms with E-state index in [9.17, 15) is 9.90 Å². The van der Waals surface area contributed by atoms with Crippen LogP contribution in [0.15, 0.2) is 29.3 Å². The third kappa shape index (κ3) is 1.61. The van der Waals surface area contributed by atoms with Gasteiger partial charge in [-0.05, 0) is 43.4 Å². The van der Waals surface area contributed by atoms with Crippen LogP contribution in [0.25, 0.3) is 10.9 Å². The number of nitrogens with one attached hydrogen (secondary N) is 1. The molecule has 20 heavy (non-hydrogen) atoms. The molecule has 3 rings (SSSR count). The second-order valence-corrected chi connectivity index (χ2v) is 6.33. The Morgan fingerprint density at radius 3 is 3.00 bits per heavy atom. The Labute approximate surface area is 125 Å². The van der Waals surface area contributed by atoms with Crippen molar-refractivity contribution < 1.29 is 9.90 Å². The number of aliphatic carboxylic acids is 1. The van der Waals surface area contributed by atoms with Crippen molar-refractivity contribution in [2.24, 2.45) is 0 Å². The summed E-state index contributed by atoms with van der Waals surface area (Å²) in [6.07, 6.45) is 3.58. The fourth-order valence-electron chi connectivity index (χ4n) is 3.34. The molecule has 3 nitrogen and oxygen atoms in total. The highest BCUT2D eigenvalue weighted by Crippen LogP contribution is 2.46. The molecule has 1 heterocycles. The minimum atomic E-state index is -0.845. The van der Waals surface area contributed by atoms with Crippen LogP contribution in [0.2, 0.25) is 0 Å². The predicted octanol–water partition coefficient (Wildman–Crippen LogP) is 4.08. The van der Waals surface area contributed by atoms with Crippen LogP contribution in [0, 0.1) is 6.92 Å². The number of aryl methyl sites for hydroxylation is 2. The minimum absolute atomic E-state index is 0.457. The number of carbonyl (C=O) groups is 1. The molecule has 0 radical (unpaired) electrons. The molecule has 0 fully saturated rings. The molecule has 0 saturated carbocycles. The van der Waals surface area contributed by atoms with Gasteiger partial charge in [-0.2, -0.15) is 0 Å². The predicted molar refractivity (Wildman–Crippen MR) is 83.2 cm³/mol. The smallest absolute Gasteiger partial charge is 0.315 e. The number of fused-ring (bicyclic) bond motifs is 3. The largest absolute Gasteiger partial charge is 0.481 e. The number of aromatic amines is 1. The topological polar surface area (TPSA) is 53.1 Å². The van der Waals surface area contributed by atoms with Crippen molar-refractivity contribution in [2.45, 2.75) is 31.6 Å². The Kier molecular flexibility index (Phi) is 3.01. The number of hydrogen-bond donors (Lipinski definition) is 2. The van der Waals surface area contributed by atoms with Gasteiger partial charge in [0.05, 0.1) is 0 Å². The molecular weight excluding hydrogens is 318 g/mol. The van der Waals surface area contributed by atoms with Gasteiger partial charge >= 0.3 is 5.97 Å². The first-order chi connectivity index (χ1) is 9.51. The lowest BCUT2D eigenvalue weighted by atomic mass is 9.82. The minimum Gasteiger partial charge on any atom is -0.481 e. The van der Waals surface area contributed by atoms with Gasteiger partial charge in [0.25, 0.3) is 0 Å². The molecule has 2 N–H and O–H groups in total. The van der Waals surface area contributed by atoms with Crippen molar-refractivity contribution >= 4 is 32.8 Å². The zero-order chi connectivity index (χ0) is 14.5. The lowest BCUT2D eigenvalue weighted by Crippen LogP contribution is -2.33. The average molecular weight is 334 g/mol. The van der Waals surface area contributed by atoms with Crippen LogP contribution in [-0.4, -0.2) is 16.1 Å². The van der Waals surface area contributed by atoms with E-state index in [2.05, 4.69) is 27.5 Å². The summed E-state index contributed by atoms with van der Waals surface area (Å²) < 4.78 is 1.02. The van der Waals surface area contributed by atoms with Gasteiger partial charge in [0.2, 0.25) is 0 Å². The highest BCUT2D eigenvalue weighted by molar-refractivity contribution is 9.10. The quantitative estimate of drug-likeness (QED) is 0.831. The number of carboxylic acids is 1. The van der Waals surface area contributed by atoms with E-state index in [0.717, 1.165) is 38.6 Å². The van der Waals surface area contributed by atoms with Gasteiger partial charge in [-0.1, -0.05) is 28.1 Å². The summed E-state index contributed by atoms with van der Waals surface area (Å²) in [7, 11) is 0. The molecule has 0 spiro atoms. The maximum Gasteiger partial charge on any atom is 0.315 e. The lowest BCUT2D eigenvalue weighted by Gasteiger charge is -2.22. The normalized spacial score (nSPS) is 21.1. The maximum absolute atomic E-state index is 11.8. The standard InChI is InChI=1S/C16H16BrNO2/c1-3-7-16(15(19)20)8-6-10-12-11(17)5-4-9(2)13(12)18-14(10)16/h3-5,18H,1,6-8H2,2H3,(H,19,20). The van der Waals surface area contributed by atoms with Crippen molar-refractivity contribution in [1.82, 2.24) is 4.98 Å². The molecule has 4 heteroatoms. The van der Waals surface area contributed by atoms with Crippen LogP contribution in [0.5, 0.6) is 0 Å². The first-order valence-electron chi connectivity index (χ1n) is 6.65. The molecule has 0 aliphatic heterocycles. The number of halogens is 1. The summed E-state index contributed by atoms with van der Waals surface area (Å²) >= 11 is 3.59. The zero-order valence-electron chi connectivity index (χ0n) is 11.3. The summed E-state index contributed by atoms with van der Waals surface area (Å²) in [5, 5.41) is 10.9. The highest BCUT2D eigenvalue weighted by Gasteiger charge is 2.47. The summed E-state index contributed by atoms with van der Waals surface area (Å²) in [5.74, 6) is -0.767. The third-order valence-electron chi connectivity index (χ3n) is 4.40. The maximum atomic E-state index is 11.8. The Bertz CT molecular complexity index is 732. The van der Waals surface area contributed by atoms with Crippen LogP contribution in [0.4, 0.5) is 0 Å². The van der Waals surface area contributed by atoms with E-state index in [1.165, 1.54) is 0 Å². The Balaban J connectivity index is 2.34. The third-order valence-corrected chi connectivity index (χ3v) is 5.06. The molecule has 0 saturated heterocycles. The van der Waals surface area contributed by atoms with Gasteiger partial charge in [-0.15, -0.1) is 6.58 Å². The molecular formula is C16H16BrNO2. The van der Waals surface area contributed by atoms with Crippen LogP contribution in [0.1, 0.15) is 29.7 Å². The van der Waals surface area contributed by atoms with Gasteiger partial charge in [0, 0.05) is 21.1 Å². The second-order valence-electron chi connectivity index (χ2n) is 5.47. The number of H-pyrrole nitrogens is 1. The number of rotatable bonds is 3. The first-order valence-corrected chi connectivity index (χ1v) is 7.45. The SMILES string of the molecule is C=CCC1(C(=O)O)CCc2c1[nH]c1c(C)ccc(Br)c21. The van der Waals surface area contributed by atoms with Gasteiger partial charge < -0.3 is 10.1 Å². The molecule has 1 aliphatic carbocycles. The molecule has 104 valence electrons. The summed E-state index contributed by atoms with van der Waals surface area (Å²) in [6, 6.07) is 4.06. The Morgan fingerprint density at radius 1 is 1.60 bits per heavy atom. The van der Waals surface area contributed by atoms with Gasteiger partial charge in [0.1, 0.15) is 5.41 Å². The Hall–Kier alpha value is -1.55. The van der Waals surface area contributed by atoms with Gasteiger partial charge in [0.15, 0.2) is 0 Å². The molecule has 1 atom stereocenters. The van der Waals surface area contributed by atoms with E-state index in [-0.39, 0.29) is 0 Å². The summed E-state index contributed by atoms with van der Waals surface area (Å²) in [4.78, 5) is 15.2. The van der Waals surface area contributed by atoms with Gasteiger partial charge in [-0.25, -0.2) is 0 Å². The summed E-state index contributed by atoms with van der Waals surface area (Å²) in [5.41, 5.74) is 3.33. The molecule has 2 aromatic rings. The highest BCUT2D eigenvalue weighted by atomic mass is 79.9. The van der Waals surface area contributed by atoms with Crippen molar-refractivity contribution in [1.29, 1.82) is 0 Å². The fraction of sp³-hybridized carbons (Fsp3) is 0.312. The van der Waals surface area contributed by atoms with E-state index in [1.54, 1.807) is 6.08 Å². The Morgan fingerprint density at radius 2 is 2.35 bits per heavy atom. The molecule has 1 unspecified atom stereocenters. The average Bonchev–Trinajstić information content (AvgIpc) is 2.94. The molecule has 1 aromatic carbocycles. The zero-order valence-corrected chi connectivity index (χ0v) is 12.9. The lowest BCUT2D eigenvalue weighted by molar-refractivity contribution is -0.143. The van der Waals surface area contributed by atoms with Crippen LogP contribution < -0.4 is 0 Å². The first kappa shape index (κ1) is 13.4. The number of benzene rings is 1. The van der Waals surface area contributed by atoms with Crippen LogP contribution >= 0.6 is 15.9 Å². The molecule has 0 amide bonds. The number of carboxylic acid groups (broad SMARTS) is 1. The fourth-order valence-corrected chi connectivity index (χ4v) is 3.91. The van der Waals surface area contributed by atoms with E-state index in [1.807, 2.05) is 19.1 Å².